The summed E-state index contributed by atoms with van der Waals surface area (Å²) in [6.07, 6.45) is 1.73. The smallest absolute Gasteiger partial charge is 0.147 e. The van der Waals surface area contributed by atoms with Gasteiger partial charge < -0.3 is 37.9 Å². The molecule has 4 aromatic rings. The van der Waals surface area contributed by atoms with Crippen molar-refractivity contribution < 1.29 is 37.9 Å². The molecule has 0 saturated heterocycles. The van der Waals surface area contributed by atoms with Crippen molar-refractivity contribution in [1.82, 2.24) is 0 Å². The topological polar surface area (TPSA) is 73.8 Å². The fourth-order valence-electron chi connectivity index (χ4n) is 7.26. The zero-order chi connectivity index (χ0) is 49.3. The molecule has 2 aliphatic rings. The lowest BCUT2D eigenvalue weighted by Gasteiger charge is -2.28. The third-order valence-corrected chi connectivity index (χ3v) is 15.6. The molecule has 0 radical (unpaired) electrons. The molecule has 0 fully saturated rings. The summed E-state index contributed by atoms with van der Waals surface area (Å²) in [4.78, 5) is 8.21. The Morgan fingerprint density at radius 1 is 0.353 bits per heavy atom. The second-order valence-corrected chi connectivity index (χ2v) is 25.8. The van der Waals surface area contributed by atoms with Gasteiger partial charge in [0.05, 0.1) is 105 Å². The minimum absolute atomic E-state index is 0.165. The van der Waals surface area contributed by atoms with Gasteiger partial charge in [0.25, 0.3) is 0 Å². The summed E-state index contributed by atoms with van der Waals surface area (Å²) < 4.78 is 51.8. The lowest BCUT2D eigenvalue weighted by molar-refractivity contribution is -0.00726. The normalized spacial score (nSPS) is 16.4. The molecule has 374 valence electrons. The number of rotatable bonds is 6. The van der Waals surface area contributed by atoms with E-state index in [9.17, 15) is 0 Å². The molecule has 4 aromatic carbocycles. The predicted octanol–water partition coefficient (Wildman–Crippen LogP) is 15.2. The van der Waals surface area contributed by atoms with E-state index in [0.717, 1.165) is 75.0 Å². The zero-order valence-electron chi connectivity index (χ0n) is 43.4. The van der Waals surface area contributed by atoms with Crippen LogP contribution in [0.15, 0.2) is 87.7 Å². The maximum absolute atomic E-state index is 7.01. The Labute approximate surface area is 426 Å². The quantitative estimate of drug-likeness (QED) is 0.163. The van der Waals surface area contributed by atoms with Crippen LogP contribution >= 0.6 is 47.0 Å². The first-order valence-electron chi connectivity index (χ1n) is 24.4. The number of hydrogen-bond acceptors (Lipinski definition) is 12. The van der Waals surface area contributed by atoms with Crippen molar-refractivity contribution >= 4 is 47.0 Å². The van der Waals surface area contributed by atoms with Gasteiger partial charge in [-0.1, -0.05) is 144 Å². The minimum Gasteiger partial charge on any atom is -0.491 e. The largest absolute Gasteiger partial charge is 0.491 e. The Bertz CT molecular complexity index is 2040. The van der Waals surface area contributed by atoms with Gasteiger partial charge in [-0.2, -0.15) is 0 Å². The summed E-state index contributed by atoms with van der Waals surface area (Å²) in [5.74, 6) is 3.34. The van der Waals surface area contributed by atoms with Gasteiger partial charge in [-0.25, -0.2) is 0 Å². The molecule has 8 nitrogen and oxygen atoms in total. The van der Waals surface area contributed by atoms with Crippen molar-refractivity contribution in [2.24, 2.45) is 0 Å². The summed E-state index contributed by atoms with van der Waals surface area (Å²) in [6, 6.07) is 18.6. The first-order valence-corrected chi connectivity index (χ1v) is 27.7. The molecule has 10 bridgehead atoms. The van der Waals surface area contributed by atoms with E-state index in [1.165, 1.54) is 22.3 Å². The molecule has 0 aromatic heterocycles. The third-order valence-electron chi connectivity index (χ3n) is 11.4. The van der Waals surface area contributed by atoms with Crippen molar-refractivity contribution in [2.45, 2.75) is 171 Å². The molecule has 2 aliphatic heterocycles. The van der Waals surface area contributed by atoms with Gasteiger partial charge in [0, 0.05) is 0 Å². The predicted molar refractivity (Wildman–Crippen MR) is 283 cm³/mol. The van der Waals surface area contributed by atoms with Crippen LogP contribution in [0.1, 0.15) is 132 Å². The molecule has 12 heteroatoms. The number of benzene rings is 4. The van der Waals surface area contributed by atoms with Gasteiger partial charge in [0.2, 0.25) is 0 Å². The van der Waals surface area contributed by atoms with Crippen molar-refractivity contribution in [3.8, 4) is 23.0 Å². The number of hydrogen-bond donors (Lipinski definition) is 0. The molecular formula is C56H78O8S4. The van der Waals surface area contributed by atoms with Gasteiger partial charge in [0.15, 0.2) is 0 Å². The van der Waals surface area contributed by atoms with Crippen LogP contribution in [0.25, 0.3) is 0 Å². The van der Waals surface area contributed by atoms with Crippen molar-refractivity contribution in [1.29, 1.82) is 0 Å². The van der Waals surface area contributed by atoms with Gasteiger partial charge in [0.1, 0.15) is 36.2 Å². The van der Waals surface area contributed by atoms with E-state index in [1.807, 2.05) is 0 Å². The molecule has 6 rings (SSSR count). The Morgan fingerprint density at radius 2 is 0.574 bits per heavy atom. The fraction of sp³-hybridized carbons (Fsp3) is 0.571. The van der Waals surface area contributed by atoms with Gasteiger partial charge >= 0.3 is 0 Å². The highest BCUT2D eigenvalue weighted by Crippen LogP contribution is 2.56. The maximum Gasteiger partial charge on any atom is 0.147 e. The zero-order valence-corrected chi connectivity index (χ0v) is 46.7. The summed E-state index contributed by atoms with van der Waals surface area (Å²) in [5.41, 5.74) is 4.18. The lowest BCUT2D eigenvalue weighted by atomic mass is 9.87. The van der Waals surface area contributed by atoms with E-state index in [-0.39, 0.29) is 21.7 Å². The average Bonchev–Trinajstić information content (AvgIpc) is 3.24. The number of ether oxygens (including phenoxy) is 8. The van der Waals surface area contributed by atoms with Crippen LogP contribution in [0, 0.1) is 0 Å². The molecule has 0 aliphatic carbocycles. The van der Waals surface area contributed by atoms with Crippen LogP contribution in [0.5, 0.6) is 23.0 Å². The average molecular weight is 1010 g/mol. The maximum atomic E-state index is 7.01. The van der Waals surface area contributed by atoms with Crippen LogP contribution in [0.4, 0.5) is 0 Å². The highest BCUT2D eigenvalue weighted by molar-refractivity contribution is 8.01. The third kappa shape index (κ3) is 14.9. The molecular weight excluding hydrogens is 929 g/mol. The van der Waals surface area contributed by atoms with Crippen molar-refractivity contribution in [2.75, 3.05) is 79.3 Å². The molecule has 0 N–H and O–H groups in total. The first-order chi connectivity index (χ1) is 32.2. The van der Waals surface area contributed by atoms with Gasteiger partial charge in [-0.3, -0.25) is 0 Å². The summed E-state index contributed by atoms with van der Waals surface area (Å²) in [7, 11) is 0. The van der Waals surface area contributed by atoms with E-state index >= 15 is 0 Å². The first kappa shape index (κ1) is 54.6. The van der Waals surface area contributed by atoms with Crippen molar-refractivity contribution in [3.63, 3.8) is 0 Å². The Morgan fingerprint density at radius 3 is 0.794 bits per heavy atom. The molecule has 0 unspecified atom stereocenters. The highest BCUT2D eigenvalue weighted by Gasteiger charge is 2.30. The Balaban J connectivity index is 1.75. The summed E-state index contributed by atoms with van der Waals surface area (Å²) >= 11 is 6.89. The van der Waals surface area contributed by atoms with Crippen LogP contribution in [0.2, 0.25) is 0 Å². The highest BCUT2D eigenvalue weighted by atomic mass is 32.2. The Hall–Kier alpha value is -2.68. The molecule has 0 amide bonds. The van der Waals surface area contributed by atoms with Gasteiger partial charge in [-0.05, 0) is 105 Å². The lowest BCUT2D eigenvalue weighted by Crippen LogP contribution is -2.15. The van der Waals surface area contributed by atoms with Crippen molar-refractivity contribution in [3.05, 3.63) is 70.8 Å². The van der Waals surface area contributed by atoms with E-state index in [4.69, 9.17) is 37.9 Å². The summed E-state index contributed by atoms with van der Waals surface area (Å²) in [6.45, 7) is 37.2. The van der Waals surface area contributed by atoms with E-state index in [2.05, 4.69) is 145 Å². The van der Waals surface area contributed by atoms with Crippen LogP contribution in [0.3, 0.4) is 0 Å². The van der Waals surface area contributed by atoms with E-state index < -0.39 is 0 Å². The fourth-order valence-corrected chi connectivity index (χ4v) is 12.0. The summed E-state index contributed by atoms with van der Waals surface area (Å²) in [5, 5.41) is 0. The molecule has 68 heavy (non-hydrogen) atoms. The minimum atomic E-state index is -0.168. The van der Waals surface area contributed by atoms with Crippen LogP contribution in [-0.4, -0.2) is 79.3 Å². The van der Waals surface area contributed by atoms with Crippen LogP contribution in [-0.2, 0) is 40.6 Å². The molecule has 0 spiro atoms. The SMILES string of the molecule is CCCOc1c2cc(C(C)(C)C)cc1Sc1cc(C(C)(C)C)cc3c1OCCOCCOCCOCCOCCOc1c(cc(C(C)(C)C)cc1Sc1cc(C(C)(C)C)cc(c1OCCC)S3)S2. The van der Waals surface area contributed by atoms with Gasteiger partial charge in [-0.15, -0.1) is 0 Å². The Kier molecular flexibility index (Phi) is 19.4. The second-order valence-electron chi connectivity index (χ2n) is 21.5. The van der Waals surface area contributed by atoms with Crippen LogP contribution < -0.4 is 18.9 Å². The second kappa shape index (κ2) is 24.2. The molecule has 0 atom stereocenters. The molecule has 0 saturated carbocycles. The monoisotopic (exact) mass is 1010 g/mol. The number of fused-ring (bicyclic) bond motifs is 2. The standard InChI is InChI=1S/C56H78O8S4/c1-15-17-61-49-41-29-37(53(3,4)5)30-42(49)66-46-34-40(56(12,13)14)36-48-52(46)64-28-26-60-24-22-58-20-19-57-21-23-59-25-27-63-51-45(65-41)33-39(55(9,10)11)35-47(51)67-43-31-38(54(6,7)8)32-44(68-48)50(43)62-18-16-2/h29-36H,15-28H2,1-14H3. The van der Waals surface area contributed by atoms with E-state index in [1.54, 1.807) is 47.0 Å². The van der Waals surface area contributed by atoms with E-state index in [0.29, 0.717) is 79.3 Å². The molecule has 2 heterocycles.